The second kappa shape index (κ2) is 9.80. The molecule has 12 heteroatoms. The molecule has 180 valence electrons. The number of likely N-dealkylation sites (tertiary alicyclic amines) is 1. The zero-order valence-electron chi connectivity index (χ0n) is 18.6. The van der Waals surface area contributed by atoms with E-state index in [4.69, 9.17) is 0 Å². The summed E-state index contributed by atoms with van der Waals surface area (Å²) in [5, 5.41) is 5.24. The average molecular weight is 484 g/mol. The van der Waals surface area contributed by atoms with Gasteiger partial charge in [-0.25, -0.2) is 19.7 Å². The molecule has 0 saturated carbocycles. The first-order valence-electron chi connectivity index (χ1n) is 11.0. The Morgan fingerprint density at radius 2 is 1.76 bits per heavy atom. The van der Waals surface area contributed by atoms with Gasteiger partial charge in [0.05, 0.1) is 16.8 Å². The number of urea groups is 1. The number of nitrogens with one attached hydrogen (secondary N) is 1. The van der Waals surface area contributed by atoms with Crippen LogP contribution in [0.3, 0.4) is 0 Å². The van der Waals surface area contributed by atoms with Gasteiger partial charge in [-0.05, 0) is 26.7 Å². The first kappa shape index (κ1) is 23.7. The van der Waals surface area contributed by atoms with E-state index < -0.39 is 11.7 Å². The Hall–Kier alpha value is -2.47. The van der Waals surface area contributed by atoms with Crippen molar-refractivity contribution in [3.63, 3.8) is 0 Å². The molecule has 2 saturated heterocycles. The number of carbonyl (C=O) groups is 1. The van der Waals surface area contributed by atoms with Crippen molar-refractivity contribution in [2.75, 3.05) is 31.1 Å². The fourth-order valence-electron chi connectivity index (χ4n) is 4.55. The summed E-state index contributed by atoms with van der Waals surface area (Å²) in [6.45, 7) is 7.43. The van der Waals surface area contributed by atoms with Gasteiger partial charge in [-0.2, -0.15) is 13.2 Å². The summed E-state index contributed by atoms with van der Waals surface area (Å²) in [6.07, 6.45) is -1.09. The standard InChI is InChI=1S/C21H28F3N7OS/c1-14-9-30(19-25-7-16(8-26-19)21(22,23)24)10-15(2)31(14)20(32)28-17-3-5-29(6-4-17)11-18-12-33-13-27-18/h7-8,12-15,17H,3-6,9-11H2,1-2H3,(H,28,32)/t14-,15+. The second-order valence-electron chi connectivity index (χ2n) is 8.76. The number of alkyl halides is 3. The number of hydrogen-bond donors (Lipinski definition) is 1. The molecule has 0 aromatic carbocycles. The number of piperidine rings is 1. The lowest BCUT2D eigenvalue weighted by Gasteiger charge is -2.45. The van der Waals surface area contributed by atoms with Gasteiger partial charge in [0.2, 0.25) is 5.95 Å². The molecule has 0 aliphatic carbocycles. The minimum absolute atomic E-state index is 0.0964. The molecule has 2 fully saturated rings. The fourth-order valence-corrected chi connectivity index (χ4v) is 5.10. The number of rotatable bonds is 4. The number of nitrogens with zero attached hydrogens (tertiary/aromatic N) is 6. The average Bonchev–Trinajstić information content (AvgIpc) is 3.27. The Balaban J connectivity index is 1.29. The molecule has 2 atom stereocenters. The third-order valence-corrected chi connectivity index (χ3v) is 6.82. The second-order valence-corrected chi connectivity index (χ2v) is 9.48. The summed E-state index contributed by atoms with van der Waals surface area (Å²) in [4.78, 5) is 31.2. The quantitative estimate of drug-likeness (QED) is 0.720. The van der Waals surface area contributed by atoms with Crippen molar-refractivity contribution in [2.45, 2.75) is 57.5 Å². The molecule has 1 N–H and O–H groups in total. The molecule has 0 radical (unpaired) electrons. The summed E-state index contributed by atoms with van der Waals surface area (Å²) in [6, 6.07) is -0.241. The minimum atomic E-state index is -4.47. The van der Waals surface area contributed by atoms with Crippen LogP contribution in [-0.2, 0) is 12.7 Å². The first-order valence-corrected chi connectivity index (χ1v) is 12.0. The van der Waals surface area contributed by atoms with Crippen LogP contribution in [-0.4, -0.2) is 75.1 Å². The number of carbonyl (C=O) groups excluding carboxylic acids is 1. The molecule has 4 rings (SSSR count). The van der Waals surface area contributed by atoms with E-state index in [-0.39, 0.29) is 30.1 Å². The van der Waals surface area contributed by atoms with Crippen molar-refractivity contribution in [2.24, 2.45) is 0 Å². The summed E-state index contributed by atoms with van der Waals surface area (Å²) in [5.74, 6) is 0.245. The van der Waals surface area contributed by atoms with Crippen LogP contribution in [0, 0.1) is 0 Å². The van der Waals surface area contributed by atoms with Crippen molar-refractivity contribution in [1.82, 2.24) is 30.1 Å². The van der Waals surface area contributed by atoms with Gasteiger partial charge in [0.1, 0.15) is 0 Å². The van der Waals surface area contributed by atoms with Gasteiger partial charge in [0, 0.05) is 68.6 Å². The maximum absolute atomic E-state index is 13.0. The van der Waals surface area contributed by atoms with Crippen LogP contribution in [0.25, 0.3) is 0 Å². The highest BCUT2D eigenvalue weighted by molar-refractivity contribution is 7.07. The number of hydrogen-bond acceptors (Lipinski definition) is 7. The van der Waals surface area contributed by atoms with Gasteiger partial charge in [0.25, 0.3) is 0 Å². The van der Waals surface area contributed by atoms with Crippen molar-refractivity contribution in [1.29, 1.82) is 0 Å². The van der Waals surface area contributed by atoms with Crippen LogP contribution in [0.2, 0.25) is 0 Å². The van der Waals surface area contributed by atoms with E-state index >= 15 is 0 Å². The number of anilines is 1. The number of piperazine rings is 1. The maximum Gasteiger partial charge on any atom is 0.419 e. The third kappa shape index (κ3) is 5.72. The van der Waals surface area contributed by atoms with Gasteiger partial charge in [0.15, 0.2) is 0 Å². The lowest BCUT2D eigenvalue weighted by molar-refractivity contribution is -0.138. The molecule has 0 spiro atoms. The van der Waals surface area contributed by atoms with E-state index in [1.165, 1.54) is 0 Å². The molecule has 0 bridgehead atoms. The molecule has 2 aliphatic rings. The molecule has 4 heterocycles. The lowest BCUT2D eigenvalue weighted by atomic mass is 10.0. The highest BCUT2D eigenvalue weighted by Crippen LogP contribution is 2.29. The van der Waals surface area contributed by atoms with Crippen LogP contribution in [0.4, 0.5) is 23.9 Å². The molecular weight excluding hydrogens is 455 g/mol. The Bertz CT molecular complexity index is 905. The van der Waals surface area contributed by atoms with Crippen LogP contribution in [0.15, 0.2) is 23.3 Å². The third-order valence-electron chi connectivity index (χ3n) is 6.19. The molecule has 2 aromatic rings. The van der Waals surface area contributed by atoms with Crippen molar-refractivity contribution >= 4 is 23.3 Å². The van der Waals surface area contributed by atoms with Crippen LogP contribution in [0.1, 0.15) is 37.9 Å². The Morgan fingerprint density at radius 3 is 2.30 bits per heavy atom. The molecule has 2 aromatic heterocycles. The monoisotopic (exact) mass is 483 g/mol. The van der Waals surface area contributed by atoms with Crippen molar-refractivity contribution < 1.29 is 18.0 Å². The largest absolute Gasteiger partial charge is 0.419 e. The number of aromatic nitrogens is 3. The summed E-state index contributed by atoms with van der Waals surface area (Å²) in [7, 11) is 0. The zero-order chi connectivity index (χ0) is 23.6. The summed E-state index contributed by atoms with van der Waals surface area (Å²) < 4.78 is 38.3. The van der Waals surface area contributed by atoms with E-state index in [9.17, 15) is 18.0 Å². The van der Waals surface area contributed by atoms with Gasteiger partial charge in [-0.3, -0.25) is 4.90 Å². The zero-order valence-corrected chi connectivity index (χ0v) is 19.4. The highest BCUT2D eigenvalue weighted by Gasteiger charge is 2.36. The summed E-state index contributed by atoms with van der Waals surface area (Å²) >= 11 is 1.60. The van der Waals surface area contributed by atoms with E-state index in [2.05, 4.69) is 30.5 Å². The predicted octanol–water partition coefficient (Wildman–Crippen LogP) is 3.23. The topological polar surface area (TPSA) is 77.5 Å². The smallest absolute Gasteiger partial charge is 0.337 e. The van der Waals surface area contributed by atoms with Crippen molar-refractivity contribution in [3.8, 4) is 0 Å². The molecular formula is C21H28F3N7OS. The molecule has 8 nitrogen and oxygen atoms in total. The SMILES string of the molecule is C[C@@H]1CN(c2ncc(C(F)(F)F)cn2)C[C@H](C)N1C(=O)NC1CCN(Cc2cscn2)CC1. The van der Waals surface area contributed by atoms with Gasteiger partial charge in [-0.15, -0.1) is 11.3 Å². The molecule has 2 aliphatic heterocycles. The number of halogens is 3. The number of amides is 2. The Labute approximate surface area is 194 Å². The van der Waals surface area contributed by atoms with Gasteiger partial charge < -0.3 is 15.1 Å². The van der Waals surface area contributed by atoms with E-state index in [1.54, 1.807) is 11.3 Å². The fraction of sp³-hybridized carbons (Fsp3) is 0.619. The minimum Gasteiger partial charge on any atom is -0.337 e. The van der Waals surface area contributed by atoms with E-state index in [0.29, 0.717) is 13.1 Å². The van der Waals surface area contributed by atoms with E-state index in [1.807, 2.05) is 29.2 Å². The Kier molecular flexibility index (Phi) is 7.03. The molecule has 2 amide bonds. The van der Waals surface area contributed by atoms with Crippen molar-refractivity contribution in [3.05, 3.63) is 34.5 Å². The van der Waals surface area contributed by atoms with Gasteiger partial charge in [-0.1, -0.05) is 0 Å². The predicted molar refractivity (Wildman–Crippen MR) is 119 cm³/mol. The summed E-state index contributed by atoms with van der Waals surface area (Å²) in [5.41, 5.74) is 2.05. The maximum atomic E-state index is 13.0. The van der Waals surface area contributed by atoms with Crippen LogP contribution >= 0.6 is 11.3 Å². The number of thiazole rings is 1. The molecule has 33 heavy (non-hydrogen) atoms. The normalized spacial score (nSPS) is 23.1. The van der Waals surface area contributed by atoms with Gasteiger partial charge >= 0.3 is 12.2 Å². The van der Waals surface area contributed by atoms with E-state index in [0.717, 1.165) is 50.6 Å². The lowest BCUT2D eigenvalue weighted by Crippen LogP contribution is -2.62. The van der Waals surface area contributed by atoms with Crippen LogP contribution < -0.4 is 10.2 Å². The Morgan fingerprint density at radius 1 is 1.12 bits per heavy atom. The van der Waals surface area contributed by atoms with Crippen LogP contribution in [0.5, 0.6) is 0 Å². The molecule has 0 unspecified atom stereocenters. The highest BCUT2D eigenvalue weighted by atomic mass is 32.1. The first-order chi connectivity index (χ1) is 15.7.